The van der Waals surface area contributed by atoms with E-state index < -0.39 is 35.3 Å². The minimum absolute atomic E-state index is 0.149. The number of nitrogens with one attached hydrogen (secondary N) is 3. The average molecular weight is 424 g/mol. The zero-order chi connectivity index (χ0) is 22.2. The summed E-state index contributed by atoms with van der Waals surface area (Å²) in [5.41, 5.74) is -0.567. The van der Waals surface area contributed by atoms with E-state index >= 15 is 0 Å². The minimum atomic E-state index is -0.964. The molecule has 162 valence electrons. The molecule has 4 atom stereocenters. The van der Waals surface area contributed by atoms with Crippen LogP contribution in [-0.2, 0) is 19.1 Å². The van der Waals surface area contributed by atoms with Crippen LogP contribution in [-0.4, -0.2) is 42.0 Å². The summed E-state index contributed by atoms with van der Waals surface area (Å²) in [5, 5.41) is 8.01. The van der Waals surface area contributed by atoms with Gasteiger partial charge in [-0.3, -0.25) is 14.4 Å². The molecule has 0 aromatic carbocycles. The van der Waals surface area contributed by atoms with Gasteiger partial charge >= 0.3 is 0 Å². The fourth-order valence-electron chi connectivity index (χ4n) is 2.97. The van der Waals surface area contributed by atoms with Crippen molar-refractivity contribution in [1.82, 2.24) is 15.4 Å². The number of amides is 3. The minimum Gasteiger partial charge on any atom is -0.371 e. The highest BCUT2D eigenvalue weighted by Crippen LogP contribution is 2.24. The van der Waals surface area contributed by atoms with E-state index in [9.17, 15) is 14.4 Å². The topological polar surface area (TPSA) is 109 Å². The Labute approximate surface area is 175 Å². The molecule has 8 nitrogen and oxygen atoms in total. The van der Waals surface area contributed by atoms with E-state index in [0.717, 1.165) is 0 Å². The van der Waals surface area contributed by atoms with E-state index in [1.807, 2.05) is 34.6 Å². The van der Waals surface area contributed by atoms with Gasteiger partial charge in [0.2, 0.25) is 11.8 Å². The largest absolute Gasteiger partial charge is 0.371 e. The van der Waals surface area contributed by atoms with Crippen molar-refractivity contribution in [1.29, 1.82) is 0 Å². The Balaban J connectivity index is 3.09. The highest BCUT2D eigenvalue weighted by atomic mass is 31.0. The summed E-state index contributed by atoms with van der Waals surface area (Å²) in [6.45, 7) is 9.49. The first-order valence-electron chi connectivity index (χ1n) is 9.56. The molecule has 0 aliphatic heterocycles. The second-order valence-electron chi connectivity index (χ2n) is 8.41. The maximum atomic E-state index is 13.1. The van der Waals surface area contributed by atoms with E-state index in [1.54, 1.807) is 24.4 Å². The van der Waals surface area contributed by atoms with Crippen LogP contribution in [0.4, 0.5) is 5.82 Å². The number of methoxy groups -OCH3 is 1. The first kappa shape index (κ1) is 25.0. The molecule has 1 heterocycles. The third kappa shape index (κ3) is 7.71. The van der Waals surface area contributed by atoms with Gasteiger partial charge in [-0.15, -0.1) is 0 Å². The Kier molecular flexibility index (Phi) is 9.66. The van der Waals surface area contributed by atoms with E-state index in [-0.39, 0.29) is 11.8 Å². The van der Waals surface area contributed by atoms with Crippen LogP contribution in [0.15, 0.2) is 24.4 Å². The maximum absolute atomic E-state index is 13.1. The summed E-state index contributed by atoms with van der Waals surface area (Å²) in [6.07, 6.45) is 1.04. The predicted octanol–water partition coefficient (Wildman–Crippen LogP) is 2.13. The summed E-state index contributed by atoms with van der Waals surface area (Å²) in [6, 6.07) is 4.35. The molecular formula is C20H33N4O4P. The zero-order valence-electron chi connectivity index (χ0n) is 18.0. The normalized spacial score (nSPS) is 14.6. The Bertz CT molecular complexity index is 691. The molecule has 0 radical (unpaired) electrons. The molecule has 9 heteroatoms. The van der Waals surface area contributed by atoms with Gasteiger partial charge in [-0.1, -0.05) is 40.7 Å². The number of hydrogen-bond acceptors (Lipinski definition) is 5. The van der Waals surface area contributed by atoms with Crippen molar-refractivity contribution in [3.8, 4) is 0 Å². The molecule has 1 aromatic rings. The van der Waals surface area contributed by atoms with Gasteiger partial charge in [-0.05, 0) is 39.3 Å². The monoisotopic (exact) mass is 424 g/mol. The van der Waals surface area contributed by atoms with Crippen LogP contribution in [0.5, 0.6) is 0 Å². The predicted molar refractivity (Wildman–Crippen MR) is 116 cm³/mol. The van der Waals surface area contributed by atoms with Crippen molar-refractivity contribution in [2.45, 2.75) is 53.2 Å². The molecule has 0 spiro atoms. The van der Waals surface area contributed by atoms with Crippen molar-refractivity contribution < 1.29 is 19.1 Å². The van der Waals surface area contributed by atoms with E-state index in [4.69, 9.17) is 4.74 Å². The van der Waals surface area contributed by atoms with E-state index in [2.05, 4.69) is 30.1 Å². The third-order valence-electron chi connectivity index (χ3n) is 4.41. The average Bonchev–Trinajstić information content (AvgIpc) is 2.64. The van der Waals surface area contributed by atoms with Gasteiger partial charge < -0.3 is 20.5 Å². The molecular weight excluding hydrogens is 391 g/mol. The van der Waals surface area contributed by atoms with Gasteiger partial charge in [0.15, 0.2) is 0 Å². The number of ether oxygens (including phenoxy) is 1. The van der Waals surface area contributed by atoms with Crippen molar-refractivity contribution in [2.24, 2.45) is 17.3 Å². The lowest BCUT2D eigenvalue weighted by Gasteiger charge is -2.33. The molecule has 3 N–H and O–H groups in total. The number of aromatic nitrogens is 1. The van der Waals surface area contributed by atoms with Gasteiger partial charge in [0, 0.05) is 13.3 Å². The summed E-state index contributed by atoms with van der Waals surface area (Å²) < 4.78 is 5.31. The van der Waals surface area contributed by atoms with E-state index in [1.165, 1.54) is 7.11 Å². The number of carbonyl (C=O) groups excluding carboxylic acids is 3. The van der Waals surface area contributed by atoms with Crippen LogP contribution < -0.4 is 15.7 Å². The highest BCUT2D eigenvalue weighted by molar-refractivity contribution is 7.15. The highest BCUT2D eigenvalue weighted by Gasteiger charge is 2.39. The van der Waals surface area contributed by atoms with Gasteiger partial charge in [-0.25, -0.2) is 4.98 Å². The molecule has 3 amide bonds. The fourth-order valence-corrected chi connectivity index (χ4v) is 3.14. The van der Waals surface area contributed by atoms with Gasteiger partial charge in [0.1, 0.15) is 18.0 Å². The van der Waals surface area contributed by atoms with Crippen LogP contribution in [0, 0.1) is 17.3 Å². The van der Waals surface area contributed by atoms with Crippen molar-refractivity contribution in [3.63, 3.8) is 0 Å². The van der Waals surface area contributed by atoms with Crippen LogP contribution in [0.1, 0.15) is 41.0 Å². The van der Waals surface area contributed by atoms with Crippen molar-refractivity contribution in [3.05, 3.63) is 24.4 Å². The standard InChI is InChI=1S/C20H33N4O4P/c1-12(2)11-13(15(28-6)18(26)24-29)17(25)23-16(20(3,4)5)19(27)22-14-9-7-8-10-21-14/h7-10,12-13,15-16H,11,29H2,1-6H3,(H,23,25)(H,24,26)(H,21,22,27)/t13-,15+,16-/m1/s1. The summed E-state index contributed by atoms with van der Waals surface area (Å²) in [7, 11) is 3.51. The first-order valence-corrected chi connectivity index (χ1v) is 10.1. The van der Waals surface area contributed by atoms with Crippen LogP contribution in [0.2, 0.25) is 0 Å². The number of anilines is 1. The molecule has 0 saturated heterocycles. The van der Waals surface area contributed by atoms with E-state index in [0.29, 0.717) is 12.2 Å². The number of rotatable bonds is 9. The second-order valence-corrected chi connectivity index (χ2v) is 8.70. The number of carbonyl (C=O) groups is 3. The lowest BCUT2D eigenvalue weighted by Crippen LogP contribution is -2.55. The number of hydrogen-bond donors (Lipinski definition) is 3. The summed E-state index contributed by atoms with van der Waals surface area (Å²) >= 11 is 0. The smallest absolute Gasteiger partial charge is 0.252 e. The first-order chi connectivity index (χ1) is 13.5. The summed E-state index contributed by atoms with van der Waals surface area (Å²) in [5.74, 6) is -1.39. The Morgan fingerprint density at radius 1 is 1.14 bits per heavy atom. The quantitative estimate of drug-likeness (QED) is 0.526. The molecule has 1 rings (SSSR count). The van der Waals surface area contributed by atoms with Crippen LogP contribution >= 0.6 is 9.39 Å². The Morgan fingerprint density at radius 3 is 2.24 bits per heavy atom. The van der Waals surface area contributed by atoms with Crippen molar-refractivity contribution >= 4 is 32.9 Å². The number of nitrogens with zero attached hydrogens (tertiary/aromatic N) is 1. The molecule has 0 aliphatic rings. The molecule has 0 saturated carbocycles. The molecule has 29 heavy (non-hydrogen) atoms. The maximum Gasteiger partial charge on any atom is 0.252 e. The van der Waals surface area contributed by atoms with Crippen molar-refractivity contribution in [2.75, 3.05) is 12.4 Å². The van der Waals surface area contributed by atoms with Crippen LogP contribution in [0.3, 0.4) is 0 Å². The lowest BCUT2D eigenvalue weighted by atomic mass is 9.84. The molecule has 1 aromatic heterocycles. The SMILES string of the molecule is CO[C@H](C(=O)NP)[C@@H](CC(C)C)C(=O)N[C@H](C(=O)Nc1ccccn1)C(C)(C)C. The number of pyridine rings is 1. The Morgan fingerprint density at radius 2 is 1.79 bits per heavy atom. The molecule has 0 aliphatic carbocycles. The Hall–Kier alpha value is -2.05. The second kappa shape index (κ2) is 11.2. The van der Waals surface area contributed by atoms with Crippen LogP contribution in [0.25, 0.3) is 0 Å². The molecule has 1 unspecified atom stereocenters. The van der Waals surface area contributed by atoms with Gasteiger partial charge in [-0.2, -0.15) is 0 Å². The van der Waals surface area contributed by atoms with Gasteiger partial charge in [0.05, 0.1) is 5.92 Å². The fraction of sp³-hybridized carbons (Fsp3) is 0.600. The zero-order valence-corrected chi connectivity index (χ0v) is 19.1. The molecule has 0 fully saturated rings. The molecule has 0 bridgehead atoms. The summed E-state index contributed by atoms with van der Waals surface area (Å²) in [4.78, 5) is 42.3. The third-order valence-corrected chi connectivity index (χ3v) is 4.70. The lowest BCUT2D eigenvalue weighted by molar-refractivity contribution is -0.143. The van der Waals surface area contributed by atoms with Gasteiger partial charge in [0.25, 0.3) is 5.91 Å².